The van der Waals surface area contributed by atoms with Crippen LogP contribution in [0.25, 0.3) is 0 Å². The maximum Gasteiger partial charge on any atom is 0.573 e. The number of para-hydroxylation sites is 1. The number of carbonyl (C=O) groups excluding carboxylic acids is 2. The molecule has 0 saturated carbocycles. The molecule has 3 amide bonds. The Labute approximate surface area is 147 Å². The Morgan fingerprint density at radius 1 is 1.08 bits per heavy atom. The lowest BCUT2D eigenvalue weighted by Gasteiger charge is -2.12. The molecule has 10 heteroatoms. The van der Waals surface area contributed by atoms with Gasteiger partial charge in [0, 0.05) is 11.8 Å². The minimum absolute atomic E-state index is 0.306. The Kier molecular flexibility index (Phi) is 5.62. The number of hydrogen-bond acceptors (Lipinski definition) is 3. The standard InChI is InChI=1S/C15H9BrF4N2O3/c16-10-6-9(11(17)7-12(10)25-15(18,19)20)13(23)22-14(24)21-8-4-2-1-3-5-8/h1-7H,(H2,21,22,23,24). The minimum Gasteiger partial charge on any atom is -0.404 e. The monoisotopic (exact) mass is 420 g/mol. The van der Waals surface area contributed by atoms with Crippen molar-refractivity contribution in [1.82, 2.24) is 5.32 Å². The van der Waals surface area contributed by atoms with E-state index in [9.17, 15) is 27.2 Å². The maximum absolute atomic E-state index is 13.9. The molecule has 5 nitrogen and oxygen atoms in total. The lowest BCUT2D eigenvalue weighted by atomic mass is 10.2. The quantitative estimate of drug-likeness (QED) is 0.720. The molecule has 0 fully saturated rings. The number of ether oxygens (including phenoxy) is 1. The van der Waals surface area contributed by atoms with Crippen LogP contribution in [0.15, 0.2) is 46.9 Å². The molecule has 2 aromatic carbocycles. The van der Waals surface area contributed by atoms with E-state index in [1.165, 1.54) is 0 Å². The van der Waals surface area contributed by atoms with Gasteiger partial charge < -0.3 is 10.1 Å². The van der Waals surface area contributed by atoms with Crippen molar-refractivity contribution in [2.75, 3.05) is 5.32 Å². The highest BCUT2D eigenvalue weighted by molar-refractivity contribution is 9.10. The van der Waals surface area contributed by atoms with Crippen molar-refractivity contribution in [3.05, 3.63) is 58.3 Å². The van der Waals surface area contributed by atoms with Gasteiger partial charge in [-0.05, 0) is 34.1 Å². The molecule has 0 atom stereocenters. The van der Waals surface area contributed by atoms with E-state index >= 15 is 0 Å². The Balaban J connectivity index is 2.11. The number of imide groups is 1. The minimum atomic E-state index is -5.02. The van der Waals surface area contributed by atoms with Crippen molar-refractivity contribution in [2.45, 2.75) is 6.36 Å². The van der Waals surface area contributed by atoms with Crippen LogP contribution in [-0.2, 0) is 0 Å². The van der Waals surface area contributed by atoms with Crippen LogP contribution in [0.4, 0.5) is 28.0 Å². The van der Waals surface area contributed by atoms with Crippen molar-refractivity contribution in [1.29, 1.82) is 0 Å². The lowest BCUT2D eigenvalue weighted by molar-refractivity contribution is -0.275. The molecule has 0 aliphatic carbocycles. The average molecular weight is 421 g/mol. The van der Waals surface area contributed by atoms with E-state index in [0.29, 0.717) is 11.8 Å². The van der Waals surface area contributed by atoms with E-state index in [1.807, 2.05) is 5.32 Å². The second-order valence-electron chi connectivity index (χ2n) is 4.58. The predicted molar refractivity (Wildman–Crippen MR) is 83.7 cm³/mol. The van der Waals surface area contributed by atoms with E-state index in [4.69, 9.17) is 0 Å². The normalized spacial score (nSPS) is 10.9. The fraction of sp³-hybridized carbons (Fsp3) is 0.0667. The smallest absolute Gasteiger partial charge is 0.404 e. The zero-order valence-corrected chi connectivity index (χ0v) is 13.7. The van der Waals surface area contributed by atoms with E-state index in [0.717, 1.165) is 6.07 Å². The Morgan fingerprint density at radius 2 is 1.72 bits per heavy atom. The number of carbonyl (C=O) groups is 2. The van der Waals surface area contributed by atoms with Crippen LogP contribution in [0.1, 0.15) is 10.4 Å². The first-order valence-electron chi connectivity index (χ1n) is 6.58. The molecule has 0 radical (unpaired) electrons. The molecule has 0 unspecified atom stereocenters. The van der Waals surface area contributed by atoms with Gasteiger partial charge in [-0.25, -0.2) is 9.18 Å². The fourth-order valence-electron chi connectivity index (χ4n) is 1.76. The third kappa shape index (κ3) is 5.45. The molecule has 0 saturated heterocycles. The predicted octanol–water partition coefficient (Wildman–Crippen LogP) is 4.45. The number of anilines is 1. The molecule has 132 valence electrons. The van der Waals surface area contributed by atoms with Crippen molar-refractivity contribution >= 4 is 33.6 Å². The van der Waals surface area contributed by atoms with E-state index in [-0.39, 0.29) is 4.47 Å². The van der Waals surface area contributed by atoms with Crippen LogP contribution in [-0.4, -0.2) is 18.3 Å². The SMILES string of the molecule is O=C(NC(=O)c1cc(Br)c(OC(F)(F)F)cc1F)Nc1ccccc1. The molecule has 25 heavy (non-hydrogen) atoms. The highest BCUT2D eigenvalue weighted by atomic mass is 79.9. The second-order valence-corrected chi connectivity index (χ2v) is 5.44. The molecule has 2 rings (SSSR count). The summed E-state index contributed by atoms with van der Waals surface area (Å²) in [6.45, 7) is 0. The van der Waals surface area contributed by atoms with Crippen molar-refractivity contribution in [3.63, 3.8) is 0 Å². The molecule has 0 bridgehead atoms. The number of benzene rings is 2. The summed E-state index contributed by atoms with van der Waals surface area (Å²) < 4.78 is 53.8. The van der Waals surface area contributed by atoms with Gasteiger partial charge >= 0.3 is 12.4 Å². The number of alkyl halides is 3. The van der Waals surface area contributed by atoms with Crippen LogP contribution >= 0.6 is 15.9 Å². The summed E-state index contributed by atoms with van der Waals surface area (Å²) in [4.78, 5) is 23.6. The van der Waals surface area contributed by atoms with Gasteiger partial charge in [0.15, 0.2) is 0 Å². The second kappa shape index (κ2) is 7.51. The number of rotatable bonds is 3. The Morgan fingerprint density at radius 3 is 2.32 bits per heavy atom. The number of hydrogen-bond donors (Lipinski definition) is 2. The molecule has 2 N–H and O–H groups in total. The summed E-state index contributed by atoms with van der Waals surface area (Å²) in [5.41, 5.74) is -0.243. The van der Waals surface area contributed by atoms with Gasteiger partial charge in [-0.3, -0.25) is 10.1 Å². The molecule has 2 aromatic rings. The summed E-state index contributed by atoms with van der Waals surface area (Å²) >= 11 is 2.75. The molecule has 0 aliphatic rings. The zero-order valence-electron chi connectivity index (χ0n) is 12.2. The lowest BCUT2D eigenvalue weighted by Crippen LogP contribution is -2.34. The number of urea groups is 1. The molecule has 0 heterocycles. The van der Waals surface area contributed by atoms with Gasteiger partial charge in [0.25, 0.3) is 5.91 Å². The zero-order chi connectivity index (χ0) is 18.6. The summed E-state index contributed by atoms with van der Waals surface area (Å²) in [6, 6.07) is 8.37. The molecule has 0 aromatic heterocycles. The number of nitrogens with one attached hydrogen (secondary N) is 2. The number of amides is 3. The average Bonchev–Trinajstić information content (AvgIpc) is 2.50. The third-order valence-electron chi connectivity index (χ3n) is 2.75. The highest BCUT2D eigenvalue weighted by Crippen LogP contribution is 2.32. The fourth-order valence-corrected chi connectivity index (χ4v) is 2.18. The Hall–Kier alpha value is -2.62. The van der Waals surface area contributed by atoms with Crippen LogP contribution in [0.3, 0.4) is 0 Å². The number of halogens is 5. The largest absolute Gasteiger partial charge is 0.573 e. The summed E-state index contributed by atoms with van der Waals surface area (Å²) in [5.74, 6) is -3.27. The van der Waals surface area contributed by atoms with Crippen molar-refractivity contribution < 1.29 is 31.9 Å². The van der Waals surface area contributed by atoms with E-state index in [2.05, 4.69) is 26.0 Å². The first-order chi connectivity index (χ1) is 11.7. The van der Waals surface area contributed by atoms with Gasteiger partial charge in [-0.2, -0.15) is 0 Å². The van der Waals surface area contributed by atoms with Crippen LogP contribution < -0.4 is 15.4 Å². The Bertz CT molecular complexity index is 797. The molecule has 0 spiro atoms. The van der Waals surface area contributed by atoms with E-state index in [1.54, 1.807) is 30.3 Å². The van der Waals surface area contributed by atoms with Gasteiger partial charge in [0.05, 0.1) is 10.0 Å². The first-order valence-corrected chi connectivity index (χ1v) is 7.37. The van der Waals surface area contributed by atoms with Crippen molar-refractivity contribution in [3.8, 4) is 5.75 Å². The van der Waals surface area contributed by atoms with Crippen molar-refractivity contribution in [2.24, 2.45) is 0 Å². The van der Waals surface area contributed by atoms with Gasteiger partial charge in [-0.15, -0.1) is 13.2 Å². The molecular weight excluding hydrogens is 412 g/mol. The van der Waals surface area contributed by atoms with Gasteiger partial charge in [-0.1, -0.05) is 18.2 Å². The maximum atomic E-state index is 13.9. The van der Waals surface area contributed by atoms with Crippen LogP contribution in [0, 0.1) is 5.82 Å². The summed E-state index contributed by atoms with van der Waals surface area (Å²) in [6.07, 6.45) is -5.02. The van der Waals surface area contributed by atoms with Crippen LogP contribution in [0.2, 0.25) is 0 Å². The van der Waals surface area contributed by atoms with Gasteiger partial charge in [0.2, 0.25) is 0 Å². The molecule has 0 aliphatic heterocycles. The summed E-state index contributed by atoms with van der Waals surface area (Å²) in [7, 11) is 0. The highest BCUT2D eigenvalue weighted by Gasteiger charge is 2.32. The van der Waals surface area contributed by atoms with Crippen LogP contribution in [0.5, 0.6) is 5.75 Å². The van der Waals surface area contributed by atoms with E-state index < -0.39 is 35.4 Å². The third-order valence-corrected chi connectivity index (χ3v) is 3.37. The van der Waals surface area contributed by atoms with Gasteiger partial charge in [0.1, 0.15) is 11.6 Å². The topological polar surface area (TPSA) is 67.4 Å². The molecular formula is C15H9BrF4N2O3. The summed E-state index contributed by atoms with van der Waals surface area (Å²) in [5, 5.41) is 4.21. The first kappa shape index (κ1) is 18.7.